The number of hydrogen-bond acceptors (Lipinski definition) is 4. The first-order valence-electron chi connectivity index (χ1n) is 6.22. The predicted octanol–water partition coefficient (Wildman–Crippen LogP) is 3.48. The number of thiophene rings is 1. The van der Waals surface area contributed by atoms with Crippen LogP contribution in [-0.2, 0) is 6.54 Å². The molecule has 0 N–H and O–H groups in total. The van der Waals surface area contributed by atoms with Crippen molar-refractivity contribution in [3.63, 3.8) is 0 Å². The second-order valence-corrected chi connectivity index (χ2v) is 6.59. The highest BCUT2D eigenvalue weighted by Crippen LogP contribution is 2.33. The SMILES string of the molecule is Clc1scc(CN2CCC(n3cncn3)CC2)c1Cl. The van der Waals surface area contributed by atoms with E-state index in [2.05, 4.69) is 15.0 Å². The molecule has 3 heterocycles. The molecule has 1 saturated heterocycles. The van der Waals surface area contributed by atoms with Crippen LogP contribution in [0.25, 0.3) is 0 Å². The van der Waals surface area contributed by atoms with Gasteiger partial charge in [0, 0.05) is 19.6 Å². The summed E-state index contributed by atoms with van der Waals surface area (Å²) >= 11 is 13.7. The van der Waals surface area contributed by atoms with Gasteiger partial charge in [0.05, 0.1) is 11.1 Å². The first kappa shape index (κ1) is 13.4. The molecule has 3 rings (SSSR count). The first-order chi connectivity index (χ1) is 9.24. The lowest BCUT2D eigenvalue weighted by Crippen LogP contribution is -2.34. The van der Waals surface area contributed by atoms with Gasteiger partial charge in [-0.2, -0.15) is 5.10 Å². The highest BCUT2D eigenvalue weighted by molar-refractivity contribution is 7.15. The Morgan fingerprint density at radius 3 is 2.68 bits per heavy atom. The molecular formula is C12H14Cl2N4S. The summed E-state index contributed by atoms with van der Waals surface area (Å²) in [6.07, 6.45) is 5.59. The zero-order valence-electron chi connectivity index (χ0n) is 10.3. The molecule has 1 aliphatic heterocycles. The smallest absolute Gasteiger partial charge is 0.137 e. The van der Waals surface area contributed by atoms with Crippen molar-refractivity contribution in [1.29, 1.82) is 0 Å². The Balaban J connectivity index is 1.57. The van der Waals surface area contributed by atoms with E-state index < -0.39 is 0 Å². The standard InChI is InChI=1S/C12H14Cl2N4S/c13-11-9(6-19-12(11)14)5-17-3-1-10(2-4-17)18-8-15-7-16-18/h6-8,10H,1-5H2. The van der Waals surface area contributed by atoms with Gasteiger partial charge in [0.1, 0.15) is 17.0 Å². The normalized spacial score (nSPS) is 18.0. The molecule has 0 radical (unpaired) electrons. The molecule has 2 aromatic rings. The minimum Gasteiger partial charge on any atom is -0.299 e. The van der Waals surface area contributed by atoms with Crippen LogP contribution >= 0.6 is 34.5 Å². The van der Waals surface area contributed by atoms with Gasteiger partial charge in [-0.25, -0.2) is 9.67 Å². The van der Waals surface area contributed by atoms with Gasteiger partial charge in [0.15, 0.2) is 0 Å². The fraction of sp³-hybridized carbons (Fsp3) is 0.500. The molecule has 1 aliphatic rings. The quantitative estimate of drug-likeness (QED) is 0.869. The molecule has 102 valence electrons. The van der Waals surface area contributed by atoms with Gasteiger partial charge in [-0.3, -0.25) is 4.90 Å². The van der Waals surface area contributed by atoms with E-state index in [1.54, 1.807) is 12.7 Å². The van der Waals surface area contributed by atoms with E-state index in [0.717, 1.165) is 38.0 Å². The number of nitrogens with zero attached hydrogens (tertiary/aromatic N) is 4. The van der Waals surface area contributed by atoms with E-state index in [-0.39, 0.29) is 0 Å². The summed E-state index contributed by atoms with van der Waals surface area (Å²) in [4.78, 5) is 6.42. The van der Waals surface area contributed by atoms with Crippen LogP contribution in [0.15, 0.2) is 18.0 Å². The van der Waals surface area contributed by atoms with Crippen LogP contribution in [-0.4, -0.2) is 32.8 Å². The van der Waals surface area contributed by atoms with Crippen LogP contribution in [0.3, 0.4) is 0 Å². The zero-order chi connectivity index (χ0) is 13.2. The number of halogens is 2. The molecule has 0 saturated carbocycles. The fourth-order valence-corrected chi connectivity index (χ4v) is 3.69. The number of aromatic nitrogens is 3. The van der Waals surface area contributed by atoms with E-state index in [0.29, 0.717) is 15.4 Å². The maximum atomic E-state index is 6.17. The maximum absolute atomic E-state index is 6.17. The monoisotopic (exact) mass is 316 g/mol. The van der Waals surface area contributed by atoms with Crippen molar-refractivity contribution in [2.75, 3.05) is 13.1 Å². The molecule has 0 amide bonds. The van der Waals surface area contributed by atoms with Crippen molar-refractivity contribution < 1.29 is 0 Å². The summed E-state index contributed by atoms with van der Waals surface area (Å²) in [5.74, 6) is 0. The molecule has 0 aliphatic carbocycles. The van der Waals surface area contributed by atoms with Crippen LogP contribution in [0.4, 0.5) is 0 Å². The Morgan fingerprint density at radius 2 is 2.11 bits per heavy atom. The van der Waals surface area contributed by atoms with Crippen molar-refractivity contribution in [3.05, 3.63) is 33.0 Å². The Labute approximate surface area is 126 Å². The molecule has 0 unspecified atom stereocenters. The minimum atomic E-state index is 0.472. The van der Waals surface area contributed by atoms with Gasteiger partial charge in [0.25, 0.3) is 0 Å². The Morgan fingerprint density at radius 1 is 1.32 bits per heavy atom. The summed E-state index contributed by atoms with van der Waals surface area (Å²) in [6, 6.07) is 0.472. The molecule has 0 atom stereocenters. The van der Waals surface area contributed by atoms with Crippen molar-refractivity contribution in [1.82, 2.24) is 19.7 Å². The third kappa shape index (κ3) is 2.94. The van der Waals surface area contributed by atoms with Gasteiger partial charge in [0.2, 0.25) is 0 Å². The lowest BCUT2D eigenvalue weighted by Gasteiger charge is -2.31. The third-order valence-electron chi connectivity index (χ3n) is 3.52. The zero-order valence-corrected chi connectivity index (χ0v) is 12.6. The first-order valence-corrected chi connectivity index (χ1v) is 7.85. The number of piperidine rings is 1. The molecule has 0 spiro atoms. The van der Waals surface area contributed by atoms with E-state index in [9.17, 15) is 0 Å². The largest absolute Gasteiger partial charge is 0.299 e. The molecular weight excluding hydrogens is 303 g/mol. The van der Waals surface area contributed by atoms with E-state index in [1.165, 1.54) is 11.3 Å². The van der Waals surface area contributed by atoms with E-state index in [4.69, 9.17) is 23.2 Å². The predicted molar refractivity (Wildman–Crippen MR) is 77.9 cm³/mol. The molecule has 1 fully saturated rings. The molecule has 0 bridgehead atoms. The lowest BCUT2D eigenvalue weighted by atomic mass is 10.1. The summed E-state index contributed by atoms with van der Waals surface area (Å²) in [5.41, 5.74) is 1.14. The molecule has 19 heavy (non-hydrogen) atoms. The van der Waals surface area contributed by atoms with Crippen LogP contribution in [0, 0.1) is 0 Å². The van der Waals surface area contributed by atoms with Gasteiger partial charge in [-0.15, -0.1) is 11.3 Å². The van der Waals surface area contributed by atoms with Crippen molar-refractivity contribution in [2.45, 2.75) is 25.4 Å². The Bertz CT molecular complexity index is 532. The van der Waals surface area contributed by atoms with E-state index >= 15 is 0 Å². The number of rotatable bonds is 3. The van der Waals surface area contributed by atoms with Crippen LogP contribution < -0.4 is 0 Å². The van der Waals surface area contributed by atoms with Crippen LogP contribution in [0.1, 0.15) is 24.4 Å². The highest BCUT2D eigenvalue weighted by Gasteiger charge is 2.22. The van der Waals surface area contributed by atoms with Gasteiger partial charge < -0.3 is 0 Å². The molecule has 2 aromatic heterocycles. The maximum Gasteiger partial charge on any atom is 0.137 e. The molecule has 0 aromatic carbocycles. The summed E-state index contributed by atoms with van der Waals surface area (Å²) in [5, 5.41) is 6.98. The summed E-state index contributed by atoms with van der Waals surface area (Å²) < 4.78 is 2.65. The Hall–Kier alpha value is -0.620. The minimum absolute atomic E-state index is 0.472. The number of hydrogen-bond donors (Lipinski definition) is 0. The number of likely N-dealkylation sites (tertiary alicyclic amines) is 1. The van der Waals surface area contributed by atoms with Gasteiger partial charge in [-0.05, 0) is 23.8 Å². The summed E-state index contributed by atoms with van der Waals surface area (Å²) in [7, 11) is 0. The lowest BCUT2D eigenvalue weighted by molar-refractivity contribution is 0.173. The van der Waals surface area contributed by atoms with Crippen LogP contribution in [0.5, 0.6) is 0 Å². The second-order valence-electron chi connectivity index (χ2n) is 4.73. The van der Waals surface area contributed by atoms with Gasteiger partial charge in [-0.1, -0.05) is 23.2 Å². The summed E-state index contributed by atoms with van der Waals surface area (Å²) in [6.45, 7) is 2.98. The molecule has 4 nitrogen and oxygen atoms in total. The second kappa shape index (κ2) is 5.79. The topological polar surface area (TPSA) is 34.0 Å². The third-order valence-corrected chi connectivity index (χ3v) is 5.43. The van der Waals surface area contributed by atoms with Crippen molar-refractivity contribution in [2.24, 2.45) is 0 Å². The van der Waals surface area contributed by atoms with Crippen molar-refractivity contribution >= 4 is 34.5 Å². The Kier molecular flexibility index (Phi) is 4.07. The average Bonchev–Trinajstić information content (AvgIpc) is 3.06. The van der Waals surface area contributed by atoms with E-state index in [1.807, 2.05) is 10.1 Å². The van der Waals surface area contributed by atoms with Crippen molar-refractivity contribution in [3.8, 4) is 0 Å². The molecule has 7 heteroatoms. The fourth-order valence-electron chi connectivity index (χ4n) is 2.45. The average molecular weight is 317 g/mol. The highest BCUT2D eigenvalue weighted by atomic mass is 35.5. The van der Waals surface area contributed by atoms with Crippen LogP contribution in [0.2, 0.25) is 9.36 Å². The van der Waals surface area contributed by atoms with Gasteiger partial charge >= 0.3 is 0 Å².